The first-order valence-electron chi connectivity index (χ1n) is 7.21. The lowest BCUT2D eigenvalue weighted by Gasteiger charge is -2.23. The van der Waals surface area contributed by atoms with Gasteiger partial charge in [0.25, 0.3) is 0 Å². The predicted octanol–water partition coefficient (Wildman–Crippen LogP) is 5.71. The van der Waals surface area contributed by atoms with E-state index in [-0.39, 0.29) is 6.03 Å². The molecule has 2 amide bonds. The molecule has 0 aliphatic carbocycles. The Hall–Kier alpha value is -2.78. The van der Waals surface area contributed by atoms with Crippen LogP contribution in [0.2, 0.25) is 5.02 Å². The van der Waals surface area contributed by atoms with Gasteiger partial charge in [-0.05, 0) is 48.5 Å². The van der Waals surface area contributed by atoms with Crippen molar-refractivity contribution in [2.75, 3.05) is 10.2 Å². The summed E-state index contributed by atoms with van der Waals surface area (Å²) in [5.74, 6) is 0. The highest BCUT2D eigenvalue weighted by Gasteiger charge is 2.17. The van der Waals surface area contributed by atoms with E-state index in [1.807, 2.05) is 60.7 Å². The van der Waals surface area contributed by atoms with Crippen molar-refractivity contribution in [1.29, 1.82) is 0 Å². The SMILES string of the molecule is O=C(Nc1ccc(Cl)cc1)N(c1ccccc1)c1ccccc1. The van der Waals surface area contributed by atoms with Gasteiger partial charge in [0, 0.05) is 10.7 Å². The molecule has 0 aliphatic heterocycles. The molecular formula is C19H15ClN2O. The molecule has 3 nitrogen and oxygen atoms in total. The van der Waals surface area contributed by atoms with Crippen LogP contribution in [0.4, 0.5) is 21.9 Å². The lowest BCUT2D eigenvalue weighted by atomic mass is 10.2. The van der Waals surface area contributed by atoms with Crippen LogP contribution in [-0.4, -0.2) is 6.03 Å². The number of rotatable bonds is 3. The minimum Gasteiger partial charge on any atom is -0.307 e. The Bertz CT molecular complexity index is 734. The van der Waals surface area contributed by atoms with Crippen LogP contribution >= 0.6 is 11.6 Å². The molecule has 114 valence electrons. The molecule has 3 aromatic carbocycles. The van der Waals surface area contributed by atoms with Crippen molar-refractivity contribution < 1.29 is 4.79 Å². The van der Waals surface area contributed by atoms with Gasteiger partial charge in [-0.15, -0.1) is 0 Å². The molecule has 0 unspecified atom stereocenters. The number of hydrogen-bond donors (Lipinski definition) is 1. The van der Waals surface area contributed by atoms with Crippen LogP contribution in [0.25, 0.3) is 0 Å². The topological polar surface area (TPSA) is 32.3 Å². The van der Waals surface area contributed by atoms with E-state index in [9.17, 15) is 4.79 Å². The number of amides is 2. The quantitative estimate of drug-likeness (QED) is 0.658. The van der Waals surface area contributed by atoms with Gasteiger partial charge in [0.05, 0.1) is 11.4 Å². The van der Waals surface area contributed by atoms with E-state index in [2.05, 4.69) is 5.32 Å². The van der Waals surface area contributed by atoms with Crippen molar-refractivity contribution in [2.24, 2.45) is 0 Å². The molecule has 23 heavy (non-hydrogen) atoms. The Kier molecular flexibility index (Phi) is 4.60. The average Bonchev–Trinajstić information content (AvgIpc) is 2.59. The lowest BCUT2D eigenvalue weighted by molar-refractivity contribution is 0.259. The Morgan fingerprint density at radius 3 is 1.70 bits per heavy atom. The fourth-order valence-corrected chi connectivity index (χ4v) is 2.38. The van der Waals surface area contributed by atoms with Crippen LogP contribution in [-0.2, 0) is 0 Å². The summed E-state index contributed by atoms with van der Waals surface area (Å²) in [6.45, 7) is 0. The zero-order valence-corrected chi connectivity index (χ0v) is 13.1. The third-order valence-corrected chi connectivity index (χ3v) is 3.58. The highest BCUT2D eigenvalue weighted by molar-refractivity contribution is 6.30. The highest BCUT2D eigenvalue weighted by Crippen LogP contribution is 2.26. The van der Waals surface area contributed by atoms with E-state index in [0.29, 0.717) is 10.7 Å². The number of carbonyl (C=O) groups is 1. The van der Waals surface area contributed by atoms with E-state index in [1.54, 1.807) is 29.2 Å². The molecule has 0 fully saturated rings. The number of carbonyl (C=O) groups excluding carboxylic acids is 1. The normalized spacial score (nSPS) is 10.1. The summed E-state index contributed by atoms with van der Waals surface area (Å²) in [7, 11) is 0. The second-order valence-electron chi connectivity index (χ2n) is 4.94. The lowest BCUT2D eigenvalue weighted by Crippen LogP contribution is -2.30. The number of benzene rings is 3. The number of nitrogens with one attached hydrogen (secondary N) is 1. The fraction of sp³-hybridized carbons (Fsp3) is 0. The molecule has 3 aromatic rings. The first-order chi connectivity index (χ1) is 11.2. The van der Waals surface area contributed by atoms with Gasteiger partial charge in [0.15, 0.2) is 0 Å². The van der Waals surface area contributed by atoms with Crippen molar-refractivity contribution in [2.45, 2.75) is 0 Å². The molecule has 0 atom stereocenters. The zero-order chi connectivity index (χ0) is 16.1. The van der Waals surface area contributed by atoms with Crippen LogP contribution in [0.5, 0.6) is 0 Å². The summed E-state index contributed by atoms with van der Waals surface area (Å²) < 4.78 is 0. The summed E-state index contributed by atoms with van der Waals surface area (Å²) in [6, 6.07) is 25.8. The minimum atomic E-state index is -0.232. The molecule has 3 rings (SSSR count). The smallest absolute Gasteiger partial charge is 0.307 e. The number of anilines is 3. The number of halogens is 1. The molecule has 0 saturated heterocycles. The van der Waals surface area contributed by atoms with Crippen molar-refractivity contribution in [3.05, 3.63) is 90.0 Å². The van der Waals surface area contributed by atoms with Gasteiger partial charge in [-0.25, -0.2) is 4.79 Å². The van der Waals surface area contributed by atoms with Gasteiger partial charge in [-0.1, -0.05) is 48.0 Å². The summed E-state index contributed by atoms with van der Waals surface area (Å²) >= 11 is 5.88. The van der Waals surface area contributed by atoms with E-state index in [4.69, 9.17) is 11.6 Å². The second kappa shape index (κ2) is 6.99. The first-order valence-corrected chi connectivity index (χ1v) is 7.58. The molecule has 0 spiro atoms. The van der Waals surface area contributed by atoms with E-state index < -0.39 is 0 Å². The predicted molar refractivity (Wildman–Crippen MR) is 95.5 cm³/mol. The van der Waals surface area contributed by atoms with E-state index >= 15 is 0 Å². The van der Waals surface area contributed by atoms with Crippen LogP contribution < -0.4 is 10.2 Å². The minimum absolute atomic E-state index is 0.232. The maximum absolute atomic E-state index is 12.8. The Morgan fingerprint density at radius 2 is 1.22 bits per heavy atom. The largest absolute Gasteiger partial charge is 0.330 e. The van der Waals surface area contributed by atoms with Gasteiger partial charge in [0.2, 0.25) is 0 Å². The standard InChI is InChI=1S/C19H15ClN2O/c20-15-11-13-16(14-12-15)21-19(23)22(17-7-3-1-4-8-17)18-9-5-2-6-10-18/h1-14H,(H,21,23). The van der Waals surface area contributed by atoms with Crippen molar-refractivity contribution in [3.8, 4) is 0 Å². The monoisotopic (exact) mass is 322 g/mol. The van der Waals surface area contributed by atoms with Gasteiger partial charge in [-0.3, -0.25) is 4.90 Å². The average molecular weight is 323 g/mol. The molecule has 4 heteroatoms. The summed E-state index contributed by atoms with van der Waals surface area (Å²) in [5.41, 5.74) is 2.28. The zero-order valence-electron chi connectivity index (χ0n) is 12.3. The second-order valence-corrected chi connectivity index (χ2v) is 5.38. The van der Waals surface area contributed by atoms with Crippen LogP contribution in [0.3, 0.4) is 0 Å². The molecule has 0 heterocycles. The molecule has 0 aliphatic rings. The molecule has 1 N–H and O–H groups in total. The maximum atomic E-state index is 12.8. The third kappa shape index (κ3) is 3.71. The summed E-state index contributed by atoms with van der Waals surface area (Å²) in [6.07, 6.45) is 0. The Morgan fingerprint density at radius 1 is 0.739 bits per heavy atom. The fourth-order valence-electron chi connectivity index (χ4n) is 2.25. The number of hydrogen-bond acceptors (Lipinski definition) is 1. The molecule has 0 bridgehead atoms. The van der Waals surface area contributed by atoms with Crippen molar-refractivity contribution >= 4 is 34.7 Å². The van der Waals surface area contributed by atoms with Crippen LogP contribution in [0.1, 0.15) is 0 Å². The van der Waals surface area contributed by atoms with Gasteiger partial charge in [0.1, 0.15) is 0 Å². The number of nitrogens with zero attached hydrogens (tertiary/aromatic N) is 1. The molecule has 0 radical (unpaired) electrons. The van der Waals surface area contributed by atoms with Gasteiger partial charge in [-0.2, -0.15) is 0 Å². The van der Waals surface area contributed by atoms with Gasteiger partial charge >= 0.3 is 6.03 Å². The third-order valence-electron chi connectivity index (χ3n) is 3.33. The van der Waals surface area contributed by atoms with E-state index in [0.717, 1.165) is 11.4 Å². The molecular weight excluding hydrogens is 308 g/mol. The summed E-state index contributed by atoms with van der Waals surface area (Å²) in [5, 5.41) is 3.53. The van der Waals surface area contributed by atoms with Crippen LogP contribution in [0.15, 0.2) is 84.9 Å². The number of urea groups is 1. The van der Waals surface area contributed by atoms with E-state index in [1.165, 1.54) is 0 Å². The molecule has 0 saturated carbocycles. The van der Waals surface area contributed by atoms with Crippen molar-refractivity contribution in [3.63, 3.8) is 0 Å². The molecule has 0 aromatic heterocycles. The van der Waals surface area contributed by atoms with Crippen molar-refractivity contribution in [1.82, 2.24) is 0 Å². The Labute approximate surface area is 140 Å². The van der Waals surface area contributed by atoms with Gasteiger partial charge < -0.3 is 5.32 Å². The maximum Gasteiger partial charge on any atom is 0.330 e. The van der Waals surface area contributed by atoms with Crippen LogP contribution in [0, 0.1) is 0 Å². The first kappa shape index (κ1) is 15.1. The highest BCUT2D eigenvalue weighted by atomic mass is 35.5. The number of para-hydroxylation sites is 2. The summed E-state index contributed by atoms with van der Waals surface area (Å²) in [4.78, 5) is 14.4. The Balaban J connectivity index is 1.92.